The molecule has 0 aromatic rings. The molecule has 1 atom stereocenters. The van der Waals surface area contributed by atoms with Gasteiger partial charge in [0.2, 0.25) is 0 Å². The number of hydrogen-bond acceptors (Lipinski definition) is 4. The molecule has 0 radical (unpaired) electrons. The fourth-order valence-corrected chi connectivity index (χ4v) is 1.55. The Morgan fingerprint density at radius 3 is 2.33 bits per heavy atom. The van der Waals surface area contributed by atoms with Gasteiger partial charge >= 0.3 is 0 Å². The molecule has 6 heteroatoms. The van der Waals surface area contributed by atoms with Crippen LogP contribution >= 0.6 is 0 Å². The fourth-order valence-electron chi connectivity index (χ4n) is 1.15. The van der Waals surface area contributed by atoms with Gasteiger partial charge in [0, 0.05) is 12.8 Å². The highest BCUT2D eigenvalue weighted by atomic mass is 32.2. The summed E-state index contributed by atoms with van der Waals surface area (Å²) in [6.45, 7) is 2.05. The van der Waals surface area contributed by atoms with Crippen molar-refractivity contribution in [1.29, 1.82) is 0 Å². The number of unbranched alkanes of at least 4 members (excludes halogenated alkanes) is 3. The Balaban J connectivity index is 3.75. The highest BCUT2D eigenvalue weighted by Crippen LogP contribution is 2.08. The molecule has 15 heavy (non-hydrogen) atoms. The van der Waals surface area contributed by atoms with Crippen molar-refractivity contribution >= 4 is 15.9 Å². The third kappa shape index (κ3) is 7.47. The van der Waals surface area contributed by atoms with Crippen LogP contribution < -0.4 is 0 Å². The first-order valence-corrected chi connectivity index (χ1v) is 6.54. The first-order valence-electron chi connectivity index (χ1n) is 5.04. The van der Waals surface area contributed by atoms with Gasteiger partial charge in [-0.15, -0.1) is 0 Å². The van der Waals surface area contributed by atoms with Crippen LogP contribution in [0.2, 0.25) is 0 Å². The molecule has 0 rings (SSSR count). The molecular weight excluding hydrogens is 220 g/mol. The zero-order valence-electron chi connectivity index (χ0n) is 8.85. The average molecular weight is 238 g/mol. The Hall–Kier alpha value is -0.460. The van der Waals surface area contributed by atoms with Crippen molar-refractivity contribution in [2.24, 2.45) is 0 Å². The number of rotatable bonds is 8. The maximum Gasteiger partial charge on any atom is 0.292 e. The summed E-state index contributed by atoms with van der Waals surface area (Å²) in [4.78, 5) is 11.1. The van der Waals surface area contributed by atoms with E-state index in [-0.39, 0.29) is 12.2 Å². The molecule has 0 aromatic heterocycles. The van der Waals surface area contributed by atoms with Crippen LogP contribution in [0, 0.1) is 0 Å². The summed E-state index contributed by atoms with van der Waals surface area (Å²) in [6, 6.07) is 0. The lowest BCUT2D eigenvalue weighted by atomic mass is 10.1. The summed E-state index contributed by atoms with van der Waals surface area (Å²) < 4.78 is 29.2. The summed E-state index contributed by atoms with van der Waals surface area (Å²) in [5, 5.41) is 8.90. The summed E-state index contributed by atoms with van der Waals surface area (Å²) >= 11 is 0. The third-order valence-electron chi connectivity index (χ3n) is 2.06. The molecule has 0 fully saturated rings. The standard InChI is InChI=1S/C9H18O5S/c1-2-3-4-5-6-8(10)7-9(11)15(12,13)14/h9,11H,2-7H2,1H3,(H,12,13,14). The first kappa shape index (κ1) is 14.5. The Morgan fingerprint density at radius 1 is 1.27 bits per heavy atom. The minimum absolute atomic E-state index is 0.257. The largest absolute Gasteiger partial charge is 0.375 e. The smallest absolute Gasteiger partial charge is 0.292 e. The van der Waals surface area contributed by atoms with Crippen molar-refractivity contribution in [3.63, 3.8) is 0 Å². The van der Waals surface area contributed by atoms with Gasteiger partial charge in [-0.25, -0.2) is 0 Å². The number of carbonyl (C=O) groups excluding carboxylic acids is 1. The van der Waals surface area contributed by atoms with Gasteiger partial charge in [-0.05, 0) is 6.42 Å². The topological polar surface area (TPSA) is 91.7 Å². The van der Waals surface area contributed by atoms with Crippen LogP contribution in [0.5, 0.6) is 0 Å². The van der Waals surface area contributed by atoms with Crippen LogP contribution in [-0.4, -0.2) is 29.3 Å². The molecule has 0 saturated carbocycles. The van der Waals surface area contributed by atoms with Crippen molar-refractivity contribution in [2.75, 3.05) is 0 Å². The van der Waals surface area contributed by atoms with Crippen molar-refractivity contribution in [1.82, 2.24) is 0 Å². The van der Waals surface area contributed by atoms with Crippen LogP contribution in [0.3, 0.4) is 0 Å². The number of aliphatic hydroxyl groups excluding tert-OH is 1. The zero-order chi connectivity index (χ0) is 11.9. The van der Waals surface area contributed by atoms with E-state index in [4.69, 9.17) is 9.66 Å². The lowest BCUT2D eigenvalue weighted by molar-refractivity contribution is -0.120. The van der Waals surface area contributed by atoms with Crippen molar-refractivity contribution in [2.45, 2.75) is 50.9 Å². The molecular formula is C9H18O5S. The van der Waals surface area contributed by atoms with Crippen LogP contribution in [0.15, 0.2) is 0 Å². The molecule has 90 valence electrons. The van der Waals surface area contributed by atoms with Gasteiger partial charge in [-0.1, -0.05) is 26.2 Å². The maximum absolute atomic E-state index is 11.1. The zero-order valence-corrected chi connectivity index (χ0v) is 9.66. The second-order valence-electron chi connectivity index (χ2n) is 3.52. The molecule has 0 heterocycles. The van der Waals surface area contributed by atoms with Gasteiger partial charge in [-0.3, -0.25) is 9.35 Å². The van der Waals surface area contributed by atoms with E-state index >= 15 is 0 Å². The van der Waals surface area contributed by atoms with Crippen LogP contribution in [0.4, 0.5) is 0 Å². The highest BCUT2D eigenvalue weighted by molar-refractivity contribution is 7.86. The molecule has 0 amide bonds. The highest BCUT2D eigenvalue weighted by Gasteiger charge is 2.22. The third-order valence-corrected chi connectivity index (χ3v) is 2.91. The van der Waals surface area contributed by atoms with Crippen LogP contribution in [-0.2, 0) is 14.9 Å². The lowest BCUT2D eigenvalue weighted by Crippen LogP contribution is -2.23. The molecule has 0 aliphatic carbocycles. The molecule has 0 aromatic carbocycles. The van der Waals surface area contributed by atoms with E-state index < -0.39 is 22.0 Å². The molecule has 5 nitrogen and oxygen atoms in total. The van der Waals surface area contributed by atoms with E-state index in [9.17, 15) is 13.2 Å². The number of carbonyl (C=O) groups is 1. The fraction of sp³-hybridized carbons (Fsp3) is 0.889. The van der Waals surface area contributed by atoms with Crippen molar-refractivity contribution in [3.05, 3.63) is 0 Å². The lowest BCUT2D eigenvalue weighted by Gasteiger charge is -2.05. The van der Waals surface area contributed by atoms with Crippen molar-refractivity contribution < 1.29 is 22.9 Å². The van der Waals surface area contributed by atoms with Gasteiger partial charge < -0.3 is 5.11 Å². The SMILES string of the molecule is CCCCCCC(=O)CC(O)S(=O)(=O)O. The summed E-state index contributed by atoms with van der Waals surface area (Å²) in [5.74, 6) is -0.337. The van der Waals surface area contributed by atoms with E-state index in [1.807, 2.05) is 6.92 Å². The molecule has 2 N–H and O–H groups in total. The quantitative estimate of drug-likeness (QED) is 0.488. The maximum atomic E-state index is 11.1. The molecule has 0 bridgehead atoms. The van der Waals surface area contributed by atoms with Crippen LogP contribution in [0.1, 0.15) is 45.4 Å². The van der Waals surface area contributed by atoms with Gasteiger partial charge in [0.05, 0.1) is 0 Å². The monoisotopic (exact) mass is 238 g/mol. The molecule has 0 aliphatic heterocycles. The van der Waals surface area contributed by atoms with Gasteiger partial charge in [-0.2, -0.15) is 8.42 Å². The van der Waals surface area contributed by atoms with Gasteiger partial charge in [0.25, 0.3) is 10.1 Å². The first-order chi connectivity index (χ1) is 6.88. The van der Waals surface area contributed by atoms with E-state index in [2.05, 4.69) is 0 Å². The summed E-state index contributed by atoms with van der Waals surface area (Å²) in [7, 11) is -4.50. The van der Waals surface area contributed by atoms with Crippen LogP contribution in [0.25, 0.3) is 0 Å². The predicted octanol–water partition coefficient (Wildman–Crippen LogP) is 1.12. The van der Waals surface area contributed by atoms with Crippen molar-refractivity contribution in [3.8, 4) is 0 Å². The molecule has 0 saturated heterocycles. The molecule has 1 unspecified atom stereocenters. The Morgan fingerprint density at radius 2 is 1.87 bits per heavy atom. The van der Waals surface area contributed by atoms with E-state index in [1.54, 1.807) is 0 Å². The van der Waals surface area contributed by atoms with Gasteiger partial charge in [0.15, 0.2) is 5.44 Å². The van der Waals surface area contributed by atoms with E-state index in [1.165, 1.54) is 0 Å². The number of hydrogen-bond donors (Lipinski definition) is 2. The Labute approximate surface area is 90.2 Å². The minimum atomic E-state index is -4.50. The predicted molar refractivity (Wildman–Crippen MR) is 55.9 cm³/mol. The Bertz CT molecular complexity index is 283. The Kier molecular flexibility index (Phi) is 6.71. The van der Waals surface area contributed by atoms with E-state index in [0.717, 1.165) is 19.3 Å². The second-order valence-corrected chi connectivity index (χ2v) is 5.10. The normalized spacial score (nSPS) is 13.8. The molecule has 0 aliphatic rings. The second kappa shape index (κ2) is 6.92. The van der Waals surface area contributed by atoms with Gasteiger partial charge in [0.1, 0.15) is 5.78 Å². The van der Waals surface area contributed by atoms with E-state index in [0.29, 0.717) is 6.42 Å². The summed E-state index contributed by atoms with van der Waals surface area (Å²) in [6.07, 6.45) is 3.45. The average Bonchev–Trinajstić information content (AvgIpc) is 2.11. The number of ketones is 1. The minimum Gasteiger partial charge on any atom is -0.375 e. The number of Topliss-reactive ketones (excluding diaryl/α,β-unsaturated/α-hetero) is 1. The summed E-state index contributed by atoms with van der Waals surface area (Å²) in [5.41, 5.74) is -1.98. The molecule has 0 spiro atoms. The number of aliphatic hydroxyl groups is 1.